The van der Waals surface area contributed by atoms with E-state index in [1.807, 2.05) is 37.3 Å². The third-order valence-corrected chi connectivity index (χ3v) is 3.30. The number of nitrogens with zero attached hydrogens (tertiary/aromatic N) is 3. The minimum absolute atomic E-state index is 0.670. The first-order valence-electron chi connectivity index (χ1n) is 6.57. The quantitative estimate of drug-likeness (QED) is 0.704. The molecule has 2 aromatic heterocycles. The number of hydrogen-bond acceptors (Lipinski definition) is 3. The molecule has 0 bridgehead atoms. The summed E-state index contributed by atoms with van der Waals surface area (Å²) in [5.41, 5.74) is 5.18. The van der Waals surface area contributed by atoms with Crippen LogP contribution in [0.2, 0.25) is 0 Å². The highest BCUT2D eigenvalue weighted by Gasteiger charge is 2.09. The molecule has 98 valence electrons. The second kappa shape index (κ2) is 5.21. The van der Waals surface area contributed by atoms with E-state index in [0.29, 0.717) is 5.82 Å². The monoisotopic (exact) mass is 261 g/mol. The largest absolute Gasteiger partial charge is 0.253 e. The van der Waals surface area contributed by atoms with Gasteiger partial charge >= 0.3 is 0 Å². The maximum atomic E-state index is 4.66. The average molecular weight is 261 g/mol. The fourth-order valence-corrected chi connectivity index (χ4v) is 2.20. The van der Waals surface area contributed by atoms with Gasteiger partial charge in [0.15, 0.2) is 5.82 Å². The van der Waals surface area contributed by atoms with E-state index in [9.17, 15) is 0 Å². The molecule has 3 rings (SSSR count). The molecule has 3 nitrogen and oxygen atoms in total. The first kappa shape index (κ1) is 12.5. The van der Waals surface area contributed by atoms with Gasteiger partial charge in [-0.2, -0.15) is 0 Å². The molecule has 0 spiro atoms. The van der Waals surface area contributed by atoms with Crippen molar-refractivity contribution >= 4 is 0 Å². The highest BCUT2D eigenvalue weighted by atomic mass is 14.9. The Morgan fingerprint density at radius 1 is 0.750 bits per heavy atom. The van der Waals surface area contributed by atoms with E-state index < -0.39 is 0 Å². The van der Waals surface area contributed by atoms with Crippen molar-refractivity contribution in [2.24, 2.45) is 0 Å². The number of rotatable bonds is 2. The number of pyridine rings is 1. The van der Waals surface area contributed by atoms with E-state index >= 15 is 0 Å². The second-order valence-electron chi connectivity index (χ2n) is 4.75. The van der Waals surface area contributed by atoms with Gasteiger partial charge in [-0.3, -0.25) is 4.98 Å². The topological polar surface area (TPSA) is 38.7 Å². The van der Waals surface area contributed by atoms with Crippen LogP contribution in [-0.4, -0.2) is 15.0 Å². The van der Waals surface area contributed by atoms with Gasteiger partial charge in [0.25, 0.3) is 0 Å². The molecule has 3 aromatic rings. The zero-order chi connectivity index (χ0) is 13.9. The van der Waals surface area contributed by atoms with Crippen LogP contribution < -0.4 is 0 Å². The lowest BCUT2D eigenvalue weighted by Gasteiger charge is -2.07. The predicted molar refractivity (Wildman–Crippen MR) is 80.2 cm³/mol. The molecule has 2 heterocycles. The summed E-state index contributed by atoms with van der Waals surface area (Å²) in [6, 6.07) is 14.1. The lowest BCUT2D eigenvalue weighted by molar-refractivity contribution is 1.12. The lowest BCUT2D eigenvalue weighted by Crippen LogP contribution is -1.96. The minimum Gasteiger partial charge on any atom is -0.253 e. The van der Waals surface area contributed by atoms with Crippen LogP contribution in [-0.2, 0) is 0 Å². The van der Waals surface area contributed by atoms with Crippen LogP contribution in [0.4, 0.5) is 0 Å². The third-order valence-electron chi connectivity index (χ3n) is 3.30. The molecule has 0 aliphatic heterocycles. The molecule has 3 heteroatoms. The van der Waals surface area contributed by atoms with Gasteiger partial charge in [-0.15, -0.1) is 0 Å². The highest BCUT2D eigenvalue weighted by Crippen LogP contribution is 2.23. The van der Waals surface area contributed by atoms with Crippen molar-refractivity contribution in [1.29, 1.82) is 0 Å². The van der Waals surface area contributed by atoms with Gasteiger partial charge in [0, 0.05) is 18.0 Å². The summed E-state index contributed by atoms with van der Waals surface area (Å²) >= 11 is 0. The van der Waals surface area contributed by atoms with E-state index in [-0.39, 0.29) is 0 Å². The Hall–Kier alpha value is -2.55. The van der Waals surface area contributed by atoms with Gasteiger partial charge < -0.3 is 0 Å². The van der Waals surface area contributed by atoms with Crippen LogP contribution in [0, 0.1) is 13.8 Å². The Kier molecular flexibility index (Phi) is 3.25. The summed E-state index contributed by atoms with van der Waals surface area (Å²) in [4.78, 5) is 13.4. The van der Waals surface area contributed by atoms with Crippen molar-refractivity contribution in [3.63, 3.8) is 0 Å². The van der Waals surface area contributed by atoms with Crippen LogP contribution in [0.15, 0.2) is 54.9 Å². The first-order valence-corrected chi connectivity index (χ1v) is 6.57. The standard InChI is InChI=1S/C17H15N3/c1-12-6-3-4-8-14(12)15-9-11-19-17(20-15)16-13(2)7-5-10-18-16/h3-11H,1-2H3. The molecular formula is C17H15N3. The van der Waals surface area contributed by atoms with Crippen molar-refractivity contribution < 1.29 is 0 Å². The zero-order valence-electron chi connectivity index (χ0n) is 11.5. The number of aromatic nitrogens is 3. The number of benzene rings is 1. The van der Waals surface area contributed by atoms with Crippen LogP contribution in [0.5, 0.6) is 0 Å². The second-order valence-corrected chi connectivity index (χ2v) is 4.75. The molecule has 0 aliphatic carbocycles. The van der Waals surface area contributed by atoms with Gasteiger partial charge in [0.05, 0.1) is 5.69 Å². The van der Waals surface area contributed by atoms with Crippen molar-refractivity contribution in [2.75, 3.05) is 0 Å². The van der Waals surface area contributed by atoms with Crippen LogP contribution in [0.25, 0.3) is 22.8 Å². The maximum Gasteiger partial charge on any atom is 0.178 e. The summed E-state index contributed by atoms with van der Waals surface area (Å²) in [6.07, 6.45) is 3.56. The fraction of sp³-hybridized carbons (Fsp3) is 0.118. The minimum atomic E-state index is 0.670. The Morgan fingerprint density at radius 2 is 1.55 bits per heavy atom. The smallest absolute Gasteiger partial charge is 0.178 e. The van der Waals surface area contributed by atoms with E-state index in [4.69, 9.17) is 0 Å². The van der Waals surface area contributed by atoms with E-state index in [0.717, 1.165) is 22.5 Å². The number of hydrogen-bond donors (Lipinski definition) is 0. The summed E-state index contributed by atoms with van der Waals surface area (Å²) < 4.78 is 0. The van der Waals surface area contributed by atoms with Gasteiger partial charge in [0.1, 0.15) is 5.69 Å². The van der Waals surface area contributed by atoms with Crippen molar-refractivity contribution in [1.82, 2.24) is 15.0 Å². The summed E-state index contributed by atoms with van der Waals surface area (Å²) in [5, 5.41) is 0. The maximum absolute atomic E-state index is 4.66. The van der Waals surface area contributed by atoms with Crippen molar-refractivity contribution in [3.8, 4) is 22.8 Å². The Balaban J connectivity index is 2.12. The number of aryl methyl sites for hydroxylation is 2. The fourth-order valence-electron chi connectivity index (χ4n) is 2.20. The van der Waals surface area contributed by atoms with Crippen molar-refractivity contribution in [2.45, 2.75) is 13.8 Å². The summed E-state index contributed by atoms with van der Waals surface area (Å²) in [5.74, 6) is 0.670. The van der Waals surface area contributed by atoms with Gasteiger partial charge in [-0.1, -0.05) is 30.3 Å². The van der Waals surface area contributed by atoms with Gasteiger partial charge in [-0.05, 0) is 37.1 Å². The molecule has 0 atom stereocenters. The molecular weight excluding hydrogens is 246 g/mol. The van der Waals surface area contributed by atoms with Crippen LogP contribution >= 0.6 is 0 Å². The summed E-state index contributed by atoms with van der Waals surface area (Å²) in [6.45, 7) is 4.11. The van der Waals surface area contributed by atoms with Crippen molar-refractivity contribution in [3.05, 3.63) is 66.0 Å². The Labute approximate surface area is 118 Å². The Morgan fingerprint density at radius 3 is 2.35 bits per heavy atom. The SMILES string of the molecule is Cc1ccccc1-c1ccnc(-c2ncccc2C)n1. The molecule has 0 unspecified atom stereocenters. The zero-order valence-corrected chi connectivity index (χ0v) is 11.5. The predicted octanol–water partition coefficient (Wildman–Crippen LogP) is 3.82. The first-order chi connectivity index (χ1) is 9.75. The normalized spacial score (nSPS) is 10.5. The van der Waals surface area contributed by atoms with E-state index in [1.165, 1.54) is 5.56 Å². The van der Waals surface area contributed by atoms with E-state index in [2.05, 4.69) is 34.0 Å². The molecule has 1 aromatic carbocycles. The summed E-state index contributed by atoms with van der Waals surface area (Å²) in [7, 11) is 0. The average Bonchev–Trinajstić information content (AvgIpc) is 2.48. The lowest BCUT2D eigenvalue weighted by atomic mass is 10.1. The molecule has 20 heavy (non-hydrogen) atoms. The molecule has 0 radical (unpaired) electrons. The van der Waals surface area contributed by atoms with Gasteiger partial charge in [0.2, 0.25) is 0 Å². The van der Waals surface area contributed by atoms with E-state index in [1.54, 1.807) is 12.4 Å². The highest BCUT2D eigenvalue weighted by molar-refractivity contribution is 5.65. The van der Waals surface area contributed by atoms with Gasteiger partial charge in [-0.25, -0.2) is 9.97 Å². The molecule has 0 aliphatic rings. The molecule has 0 saturated carbocycles. The Bertz CT molecular complexity index is 690. The molecule has 0 N–H and O–H groups in total. The molecule has 0 saturated heterocycles. The molecule has 0 amide bonds. The van der Waals surface area contributed by atoms with Crippen LogP contribution in [0.1, 0.15) is 11.1 Å². The third kappa shape index (κ3) is 2.30. The van der Waals surface area contributed by atoms with Crippen LogP contribution in [0.3, 0.4) is 0 Å². The molecule has 0 fully saturated rings.